The standard InChI is InChI=1S/C17H20ClN3/c1-21(12-13-3-2-8-19-10-13)17-7-4-15(18)9-14(17)11-20-16-5-6-16/h2-4,7-10,16,20H,5-6,11-12H2,1H3. The van der Waals surface area contributed by atoms with E-state index < -0.39 is 0 Å². The van der Waals surface area contributed by atoms with Gasteiger partial charge in [0, 0.05) is 49.3 Å². The Morgan fingerprint density at radius 1 is 1.33 bits per heavy atom. The molecule has 0 unspecified atom stereocenters. The number of pyridine rings is 1. The van der Waals surface area contributed by atoms with Crippen molar-refractivity contribution >= 4 is 17.3 Å². The first-order valence-electron chi connectivity index (χ1n) is 7.34. The van der Waals surface area contributed by atoms with E-state index in [1.165, 1.54) is 29.7 Å². The molecule has 0 spiro atoms. The maximum Gasteiger partial charge on any atom is 0.0441 e. The molecule has 0 atom stereocenters. The van der Waals surface area contributed by atoms with Gasteiger partial charge in [-0.3, -0.25) is 4.98 Å². The van der Waals surface area contributed by atoms with Crippen molar-refractivity contribution in [3.63, 3.8) is 0 Å². The maximum absolute atomic E-state index is 6.16. The molecule has 0 bridgehead atoms. The fourth-order valence-corrected chi connectivity index (χ4v) is 2.66. The molecule has 2 aromatic rings. The van der Waals surface area contributed by atoms with Gasteiger partial charge in [-0.05, 0) is 48.2 Å². The van der Waals surface area contributed by atoms with Crippen LogP contribution in [0.1, 0.15) is 24.0 Å². The Morgan fingerprint density at radius 2 is 2.19 bits per heavy atom. The largest absolute Gasteiger partial charge is 0.370 e. The zero-order chi connectivity index (χ0) is 14.7. The molecule has 3 nitrogen and oxygen atoms in total. The van der Waals surface area contributed by atoms with Crippen molar-refractivity contribution in [2.45, 2.75) is 32.0 Å². The van der Waals surface area contributed by atoms with Crippen LogP contribution in [0.2, 0.25) is 5.02 Å². The summed E-state index contributed by atoms with van der Waals surface area (Å²) in [5, 5.41) is 4.35. The van der Waals surface area contributed by atoms with Crippen LogP contribution in [0.4, 0.5) is 5.69 Å². The molecule has 21 heavy (non-hydrogen) atoms. The van der Waals surface area contributed by atoms with Crippen molar-refractivity contribution < 1.29 is 0 Å². The topological polar surface area (TPSA) is 28.2 Å². The van der Waals surface area contributed by atoms with Gasteiger partial charge in [0.05, 0.1) is 0 Å². The second kappa shape index (κ2) is 6.46. The monoisotopic (exact) mass is 301 g/mol. The van der Waals surface area contributed by atoms with E-state index in [0.29, 0.717) is 6.04 Å². The lowest BCUT2D eigenvalue weighted by Crippen LogP contribution is -2.21. The van der Waals surface area contributed by atoms with Crippen molar-refractivity contribution in [3.8, 4) is 0 Å². The Labute approximate surface area is 131 Å². The third kappa shape index (κ3) is 3.96. The summed E-state index contributed by atoms with van der Waals surface area (Å²) in [4.78, 5) is 6.42. The summed E-state index contributed by atoms with van der Waals surface area (Å²) in [5.41, 5.74) is 3.67. The zero-order valence-corrected chi connectivity index (χ0v) is 13.0. The van der Waals surface area contributed by atoms with Crippen molar-refractivity contribution in [3.05, 3.63) is 58.9 Å². The van der Waals surface area contributed by atoms with E-state index in [9.17, 15) is 0 Å². The van der Waals surface area contributed by atoms with Crippen LogP contribution in [-0.4, -0.2) is 18.1 Å². The first kappa shape index (κ1) is 14.4. The molecule has 1 aliphatic rings. The van der Waals surface area contributed by atoms with Crippen LogP contribution in [0.3, 0.4) is 0 Å². The number of hydrogen-bond acceptors (Lipinski definition) is 3. The highest BCUT2D eigenvalue weighted by Crippen LogP contribution is 2.26. The van der Waals surface area contributed by atoms with E-state index in [1.54, 1.807) is 6.20 Å². The Hall–Kier alpha value is -1.58. The molecule has 0 aliphatic heterocycles. The van der Waals surface area contributed by atoms with E-state index >= 15 is 0 Å². The van der Waals surface area contributed by atoms with Crippen molar-refractivity contribution in [1.29, 1.82) is 0 Å². The smallest absolute Gasteiger partial charge is 0.0441 e. The molecular formula is C17H20ClN3. The highest BCUT2D eigenvalue weighted by Gasteiger charge is 2.21. The highest BCUT2D eigenvalue weighted by atomic mass is 35.5. The van der Waals surface area contributed by atoms with Crippen LogP contribution in [-0.2, 0) is 13.1 Å². The Morgan fingerprint density at radius 3 is 2.90 bits per heavy atom. The minimum atomic E-state index is 0.695. The first-order chi connectivity index (χ1) is 10.2. The molecule has 110 valence electrons. The second-order valence-electron chi connectivity index (χ2n) is 5.65. The second-order valence-corrected chi connectivity index (χ2v) is 6.08. The number of anilines is 1. The van der Waals surface area contributed by atoms with Gasteiger partial charge >= 0.3 is 0 Å². The van der Waals surface area contributed by atoms with Crippen molar-refractivity contribution in [1.82, 2.24) is 10.3 Å². The van der Waals surface area contributed by atoms with Crippen LogP contribution in [0.5, 0.6) is 0 Å². The molecule has 1 fully saturated rings. The molecule has 3 rings (SSSR count). The van der Waals surface area contributed by atoms with Crippen LogP contribution < -0.4 is 10.2 Å². The average Bonchev–Trinajstić information content (AvgIpc) is 3.30. The van der Waals surface area contributed by atoms with Gasteiger partial charge in [0.2, 0.25) is 0 Å². The lowest BCUT2D eigenvalue weighted by molar-refractivity contribution is 0.685. The van der Waals surface area contributed by atoms with Crippen LogP contribution >= 0.6 is 11.6 Å². The quantitative estimate of drug-likeness (QED) is 0.883. The fraction of sp³-hybridized carbons (Fsp3) is 0.353. The lowest BCUT2D eigenvalue weighted by atomic mass is 10.1. The SMILES string of the molecule is CN(Cc1cccnc1)c1ccc(Cl)cc1CNC1CC1. The van der Waals surface area contributed by atoms with E-state index in [0.717, 1.165) is 18.1 Å². The van der Waals surface area contributed by atoms with Gasteiger partial charge in [0.1, 0.15) is 0 Å². The predicted octanol–water partition coefficient (Wildman–Crippen LogP) is 3.62. The predicted molar refractivity (Wildman–Crippen MR) is 87.7 cm³/mol. The summed E-state index contributed by atoms with van der Waals surface area (Å²) in [6.07, 6.45) is 6.30. The van der Waals surface area contributed by atoms with Gasteiger partial charge in [0.15, 0.2) is 0 Å². The van der Waals surface area contributed by atoms with Gasteiger partial charge in [-0.25, -0.2) is 0 Å². The summed E-state index contributed by atoms with van der Waals surface area (Å²) in [7, 11) is 2.11. The molecule has 1 aliphatic carbocycles. The lowest BCUT2D eigenvalue weighted by Gasteiger charge is -2.23. The molecular weight excluding hydrogens is 282 g/mol. The Bertz CT molecular complexity index is 596. The van der Waals surface area contributed by atoms with Crippen molar-refractivity contribution in [2.75, 3.05) is 11.9 Å². The number of nitrogens with one attached hydrogen (secondary N) is 1. The van der Waals surface area contributed by atoms with E-state index in [2.05, 4.69) is 40.4 Å². The van der Waals surface area contributed by atoms with Gasteiger partial charge in [-0.2, -0.15) is 0 Å². The number of rotatable bonds is 6. The third-order valence-electron chi connectivity index (χ3n) is 3.75. The van der Waals surface area contributed by atoms with Gasteiger partial charge in [-0.15, -0.1) is 0 Å². The number of aromatic nitrogens is 1. The fourth-order valence-electron chi connectivity index (χ4n) is 2.46. The summed E-state index contributed by atoms with van der Waals surface area (Å²) < 4.78 is 0. The summed E-state index contributed by atoms with van der Waals surface area (Å²) in [5.74, 6) is 0. The molecule has 1 aromatic heterocycles. The number of nitrogens with zero attached hydrogens (tertiary/aromatic N) is 2. The first-order valence-corrected chi connectivity index (χ1v) is 7.72. The number of halogens is 1. The highest BCUT2D eigenvalue weighted by molar-refractivity contribution is 6.30. The molecule has 1 aromatic carbocycles. The average molecular weight is 302 g/mol. The molecule has 1 saturated carbocycles. The number of benzene rings is 1. The van der Waals surface area contributed by atoms with Gasteiger partial charge < -0.3 is 10.2 Å². The Balaban J connectivity index is 1.75. The minimum Gasteiger partial charge on any atom is -0.370 e. The molecule has 0 saturated heterocycles. The number of hydrogen-bond donors (Lipinski definition) is 1. The summed E-state index contributed by atoms with van der Waals surface area (Å²) in [6.45, 7) is 1.71. The molecule has 1 heterocycles. The normalized spacial score (nSPS) is 14.2. The molecule has 1 N–H and O–H groups in total. The zero-order valence-electron chi connectivity index (χ0n) is 12.2. The van der Waals surface area contributed by atoms with E-state index in [1.807, 2.05) is 18.3 Å². The summed E-state index contributed by atoms with van der Waals surface area (Å²) >= 11 is 6.16. The van der Waals surface area contributed by atoms with Crippen LogP contribution in [0, 0.1) is 0 Å². The van der Waals surface area contributed by atoms with Gasteiger partial charge in [-0.1, -0.05) is 17.7 Å². The molecule has 0 radical (unpaired) electrons. The minimum absolute atomic E-state index is 0.695. The van der Waals surface area contributed by atoms with E-state index in [-0.39, 0.29) is 0 Å². The maximum atomic E-state index is 6.16. The molecule has 0 amide bonds. The summed E-state index contributed by atoms with van der Waals surface area (Å²) in [6, 6.07) is 10.9. The Kier molecular flexibility index (Phi) is 4.42. The van der Waals surface area contributed by atoms with Crippen LogP contribution in [0.25, 0.3) is 0 Å². The van der Waals surface area contributed by atoms with Crippen molar-refractivity contribution in [2.24, 2.45) is 0 Å². The van der Waals surface area contributed by atoms with E-state index in [4.69, 9.17) is 11.6 Å². The molecule has 4 heteroatoms. The van der Waals surface area contributed by atoms with Gasteiger partial charge in [0.25, 0.3) is 0 Å². The third-order valence-corrected chi connectivity index (χ3v) is 3.99. The van der Waals surface area contributed by atoms with Crippen LogP contribution in [0.15, 0.2) is 42.7 Å².